The molecule has 0 aromatic carbocycles. The molecule has 15 heavy (non-hydrogen) atoms. The van der Waals surface area contributed by atoms with Gasteiger partial charge in [-0.05, 0) is 19.4 Å². The molecule has 0 radical (unpaired) electrons. The van der Waals surface area contributed by atoms with E-state index in [9.17, 15) is 0 Å². The summed E-state index contributed by atoms with van der Waals surface area (Å²) in [7, 11) is 1.97. The Kier molecular flexibility index (Phi) is 3.33. The van der Waals surface area contributed by atoms with E-state index < -0.39 is 0 Å². The van der Waals surface area contributed by atoms with Crippen molar-refractivity contribution in [2.75, 3.05) is 19.7 Å². The molecule has 0 saturated carbocycles. The van der Waals surface area contributed by atoms with Gasteiger partial charge in [-0.1, -0.05) is 6.42 Å². The average molecular weight is 210 g/mol. The molecule has 2 heterocycles. The first-order chi connectivity index (χ1) is 7.33. The normalized spacial score (nSPS) is 23.2. The fourth-order valence-electron chi connectivity index (χ4n) is 2.27. The first-order valence-electron chi connectivity index (χ1n) is 5.51. The van der Waals surface area contributed by atoms with Gasteiger partial charge in [0, 0.05) is 13.6 Å². The Labute approximate surface area is 89.7 Å². The number of hydrogen-bond donors (Lipinski definition) is 1. The van der Waals surface area contributed by atoms with Crippen LogP contribution in [0.5, 0.6) is 0 Å². The molecule has 2 rings (SSSR count). The largest absolute Gasteiger partial charge is 0.395 e. The summed E-state index contributed by atoms with van der Waals surface area (Å²) in [5, 5.41) is 17.1. The molecule has 5 nitrogen and oxygen atoms in total. The monoisotopic (exact) mass is 210 g/mol. The molecule has 1 aliphatic heterocycles. The lowest BCUT2D eigenvalue weighted by molar-refractivity contribution is 0.110. The third-order valence-corrected chi connectivity index (χ3v) is 3.05. The molecule has 0 bridgehead atoms. The van der Waals surface area contributed by atoms with Crippen LogP contribution in [0.25, 0.3) is 0 Å². The summed E-state index contributed by atoms with van der Waals surface area (Å²) in [6.07, 6.45) is 5.31. The van der Waals surface area contributed by atoms with Crippen molar-refractivity contribution in [1.82, 2.24) is 19.7 Å². The highest BCUT2D eigenvalue weighted by atomic mass is 16.3. The second-order valence-electron chi connectivity index (χ2n) is 4.07. The van der Waals surface area contributed by atoms with Gasteiger partial charge in [0.25, 0.3) is 0 Å². The molecule has 84 valence electrons. The third-order valence-electron chi connectivity index (χ3n) is 3.05. The van der Waals surface area contributed by atoms with E-state index >= 15 is 0 Å². The van der Waals surface area contributed by atoms with Gasteiger partial charge < -0.3 is 9.67 Å². The second kappa shape index (κ2) is 4.72. The molecule has 1 aromatic heterocycles. The van der Waals surface area contributed by atoms with Gasteiger partial charge >= 0.3 is 0 Å². The number of aryl methyl sites for hydroxylation is 1. The number of hydrogen-bond acceptors (Lipinski definition) is 4. The van der Waals surface area contributed by atoms with Gasteiger partial charge in [-0.3, -0.25) is 4.90 Å². The maximum Gasteiger partial charge on any atom is 0.149 e. The van der Waals surface area contributed by atoms with E-state index in [0.717, 1.165) is 25.3 Å². The summed E-state index contributed by atoms with van der Waals surface area (Å²) in [4.78, 5) is 2.30. The van der Waals surface area contributed by atoms with Crippen molar-refractivity contribution in [2.24, 2.45) is 7.05 Å². The summed E-state index contributed by atoms with van der Waals surface area (Å²) in [6, 6.07) is 0.332. The molecule has 1 atom stereocenters. The van der Waals surface area contributed by atoms with Crippen molar-refractivity contribution in [2.45, 2.75) is 25.3 Å². The van der Waals surface area contributed by atoms with Crippen LogP contribution >= 0.6 is 0 Å². The van der Waals surface area contributed by atoms with Gasteiger partial charge in [-0.2, -0.15) is 0 Å². The van der Waals surface area contributed by atoms with Crippen LogP contribution in [0.3, 0.4) is 0 Å². The van der Waals surface area contributed by atoms with Crippen molar-refractivity contribution >= 4 is 0 Å². The molecular weight excluding hydrogens is 192 g/mol. The van der Waals surface area contributed by atoms with Gasteiger partial charge in [0.1, 0.15) is 12.2 Å². The smallest absolute Gasteiger partial charge is 0.149 e. The number of piperidine rings is 1. The molecule has 1 N–H and O–H groups in total. The minimum absolute atomic E-state index is 0.217. The number of β-amino-alcohol motifs (C(OH)–C–C–N with tert-alkyl or cyclic N) is 1. The van der Waals surface area contributed by atoms with Gasteiger partial charge in [-0.15, -0.1) is 10.2 Å². The molecule has 1 unspecified atom stereocenters. The molecule has 5 heteroatoms. The Balaban J connectivity index is 2.14. The number of aliphatic hydroxyl groups excluding tert-OH is 1. The van der Waals surface area contributed by atoms with Gasteiger partial charge in [-0.25, -0.2) is 0 Å². The molecule has 1 aliphatic rings. The lowest BCUT2D eigenvalue weighted by Crippen LogP contribution is -2.36. The van der Waals surface area contributed by atoms with Crippen LogP contribution < -0.4 is 0 Å². The summed E-state index contributed by atoms with van der Waals surface area (Å²) in [6.45, 7) is 2.00. The minimum atomic E-state index is 0.217. The van der Waals surface area contributed by atoms with Crippen molar-refractivity contribution in [3.8, 4) is 0 Å². The standard InChI is InChI=1S/C10H18N4O/c1-13-8-11-12-10(13)9-4-2-3-5-14(9)6-7-15/h8-9,15H,2-7H2,1H3. The van der Waals surface area contributed by atoms with Crippen molar-refractivity contribution in [1.29, 1.82) is 0 Å². The SMILES string of the molecule is Cn1cnnc1C1CCCCN1CCO. The zero-order chi connectivity index (χ0) is 10.7. The fraction of sp³-hybridized carbons (Fsp3) is 0.800. The number of nitrogens with zero attached hydrogens (tertiary/aromatic N) is 4. The molecule has 0 amide bonds. The highest BCUT2D eigenvalue weighted by molar-refractivity contribution is 4.97. The van der Waals surface area contributed by atoms with Crippen LogP contribution in [0.15, 0.2) is 6.33 Å². The summed E-state index contributed by atoms with van der Waals surface area (Å²) in [5.41, 5.74) is 0. The highest BCUT2D eigenvalue weighted by Crippen LogP contribution is 2.28. The third kappa shape index (κ3) is 2.18. The summed E-state index contributed by atoms with van der Waals surface area (Å²) in [5.74, 6) is 1.02. The Morgan fingerprint density at radius 3 is 3.07 bits per heavy atom. The van der Waals surface area contributed by atoms with Crippen molar-refractivity contribution in [3.05, 3.63) is 12.2 Å². The molecular formula is C10H18N4O. The van der Waals surface area contributed by atoms with E-state index in [4.69, 9.17) is 5.11 Å². The zero-order valence-corrected chi connectivity index (χ0v) is 9.13. The molecule has 1 aromatic rings. The van der Waals surface area contributed by atoms with Gasteiger partial charge in [0.15, 0.2) is 0 Å². The highest BCUT2D eigenvalue weighted by Gasteiger charge is 2.26. The number of aromatic nitrogens is 3. The number of rotatable bonds is 3. The van der Waals surface area contributed by atoms with Crippen LogP contribution in [0, 0.1) is 0 Å². The predicted molar refractivity (Wildman–Crippen MR) is 56.3 cm³/mol. The zero-order valence-electron chi connectivity index (χ0n) is 9.13. The maximum absolute atomic E-state index is 9.02. The molecule has 0 spiro atoms. The Bertz CT molecular complexity index is 310. The van der Waals surface area contributed by atoms with E-state index in [-0.39, 0.29) is 6.61 Å². The quantitative estimate of drug-likeness (QED) is 0.781. The molecule has 1 fully saturated rings. The van der Waals surface area contributed by atoms with Crippen LogP contribution in [-0.4, -0.2) is 44.5 Å². The van der Waals surface area contributed by atoms with E-state index in [1.54, 1.807) is 6.33 Å². The number of aliphatic hydroxyl groups is 1. The lowest BCUT2D eigenvalue weighted by atomic mass is 10.0. The average Bonchev–Trinajstić information content (AvgIpc) is 2.66. The van der Waals surface area contributed by atoms with E-state index in [1.807, 2.05) is 11.6 Å². The van der Waals surface area contributed by atoms with Crippen LogP contribution in [0.2, 0.25) is 0 Å². The van der Waals surface area contributed by atoms with E-state index in [1.165, 1.54) is 12.8 Å². The Morgan fingerprint density at radius 1 is 1.53 bits per heavy atom. The van der Waals surface area contributed by atoms with Crippen LogP contribution in [-0.2, 0) is 7.05 Å². The molecule has 0 aliphatic carbocycles. The van der Waals surface area contributed by atoms with Gasteiger partial charge in [0.05, 0.1) is 12.6 Å². The minimum Gasteiger partial charge on any atom is -0.395 e. The van der Waals surface area contributed by atoms with E-state index in [2.05, 4.69) is 15.1 Å². The second-order valence-corrected chi connectivity index (χ2v) is 4.07. The first kappa shape index (κ1) is 10.6. The fourth-order valence-corrected chi connectivity index (χ4v) is 2.27. The van der Waals surface area contributed by atoms with Gasteiger partial charge in [0.2, 0.25) is 0 Å². The Hall–Kier alpha value is -0.940. The lowest BCUT2D eigenvalue weighted by Gasteiger charge is -2.34. The predicted octanol–water partition coefficient (Wildman–Crippen LogP) is 0.334. The molecule has 1 saturated heterocycles. The Morgan fingerprint density at radius 2 is 2.40 bits per heavy atom. The van der Waals surface area contributed by atoms with Crippen molar-refractivity contribution < 1.29 is 5.11 Å². The number of likely N-dealkylation sites (tertiary alicyclic amines) is 1. The first-order valence-corrected chi connectivity index (χ1v) is 5.51. The maximum atomic E-state index is 9.02. The topological polar surface area (TPSA) is 54.2 Å². The summed E-state index contributed by atoms with van der Waals surface area (Å²) < 4.78 is 1.97. The van der Waals surface area contributed by atoms with Crippen molar-refractivity contribution in [3.63, 3.8) is 0 Å². The van der Waals surface area contributed by atoms with E-state index in [0.29, 0.717) is 6.04 Å². The van der Waals surface area contributed by atoms with Crippen LogP contribution in [0.4, 0.5) is 0 Å². The summed E-state index contributed by atoms with van der Waals surface area (Å²) >= 11 is 0. The van der Waals surface area contributed by atoms with Crippen LogP contribution in [0.1, 0.15) is 31.1 Å².